The molecule has 0 amide bonds. The highest BCUT2D eigenvalue weighted by molar-refractivity contribution is 6.44. The Morgan fingerprint density at radius 2 is 1.39 bits per heavy atom. The molecule has 104 valence electrons. The molecule has 0 aromatic carbocycles. The maximum atomic E-state index is 8.88. The fourth-order valence-corrected chi connectivity index (χ4v) is 1.21. The van der Waals surface area contributed by atoms with E-state index in [1.807, 2.05) is 6.92 Å². The topological polar surface area (TPSA) is 42.2 Å². The van der Waals surface area contributed by atoms with Gasteiger partial charge in [-0.1, -0.05) is 41.5 Å². The number of rotatable bonds is 6. The van der Waals surface area contributed by atoms with E-state index in [9.17, 15) is 0 Å². The second kappa shape index (κ2) is 7.16. The molecule has 0 aliphatic rings. The van der Waals surface area contributed by atoms with Crippen molar-refractivity contribution in [3.8, 4) is 6.07 Å². The Balaban J connectivity index is 4.30. The normalized spacial score (nSPS) is 14.1. The first-order valence-electron chi connectivity index (χ1n) is 6.66. The summed E-state index contributed by atoms with van der Waals surface area (Å²) >= 11 is 0. The lowest BCUT2D eigenvalue weighted by Gasteiger charge is -2.25. The van der Waals surface area contributed by atoms with Gasteiger partial charge >= 0.3 is 7.12 Å². The van der Waals surface area contributed by atoms with Crippen molar-refractivity contribution in [1.82, 2.24) is 0 Å². The van der Waals surface area contributed by atoms with Crippen molar-refractivity contribution < 1.29 is 9.31 Å². The maximum absolute atomic E-state index is 8.88. The molecule has 4 heteroatoms. The summed E-state index contributed by atoms with van der Waals surface area (Å²) in [7, 11) is -0.280. The van der Waals surface area contributed by atoms with E-state index in [4.69, 9.17) is 14.6 Å². The first-order chi connectivity index (χ1) is 8.03. The van der Waals surface area contributed by atoms with E-state index in [2.05, 4.69) is 47.6 Å². The molecule has 0 spiro atoms. The van der Waals surface area contributed by atoms with Gasteiger partial charge in [-0.15, -0.1) is 0 Å². The summed E-state index contributed by atoms with van der Waals surface area (Å²) in [6, 6.07) is 2.23. The summed E-state index contributed by atoms with van der Waals surface area (Å²) in [5.74, 6) is -0.0464. The second-order valence-corrected chi connectivity index (χ2v) is 7.44. The molecule has 0 bridgehead atoms. The zero-order valence-electron chi connectivity index (χ0n) is 13.0. The predicted octanol–water partition coefficient (Wildman–Crippen LogP) is 3.76. The zero-order chi connectivity index (χ0) is 14.4. The molecule has 3 nitrogen and oxygen atoms in total. The van der Waals surface area contributed by atoms with E-state index >= 15 is 0 Å². The van der Waals surface area contributed by atoms with Gasteiger partial charge in [-0.2, -0.15) is 5.26 Å². The summed E-state index contributed by atoms with van der Waals surface area (Å²) in [4.78, 5) is 0. The van der Waals surface area contributed by atoms with Crippen molar-refractivity contribution >= 4 is 7.12 Å². The Morgan fingerprint density at radius 1 is 1.00 bits per heavy atom. The molecular weight excluding hydrogens is 225 g/mol. The molecule has 1 atom stereocenters. The van der Waals surface area contributed by atoms with Gasteiger partial charge in [0.25, 0.3) is 0 Å². The van der Waals surface area contributed by atoms with Crippen LogP contribution in [-0.4, -0.2) is 20.3 Å². The Bertz CT molecular complexity index is 255. The number of hydrogen-bond donors (Lipinski definition) is 0. The van der Waals surface area contributed by atoms with Gasteiger partial charge in [-0.25, -0.2) is 0 Å². The van der Waals surface area contributed by atoms with Crippen LogP contribution in [0.25, 0.3) is 0 Å². The summed E-state index contributed by atoms with van der Waals surface area (Å²) in [5.41, 5.74) is 0.221. The molecule has 0 aliphatic carbocycles. The molecule has 0 aliphatic heterocycles. The molecule has 18 heavy (non-hydrogen) atoms. The Morgan fingerprint density at radius 3 is 1.67 bits per heavy atom. The van der Waals surface area contributed by atoms with Crippen molar-refractivity contribution in [2.24, 2.45) is 16.7 Å². The van der Waals surface area contributed by atoms with E-state index in [0.717, 1.165) is 0 Å². The van der Waals surface area contributed by atoms with Crippen LogP contribution in [-0.2, 0) is 9.31 Å². The lowest BCUT2D eigenvalue weighted by Crippen LogP contribution is -2.32. The van der Waals surface area contributed by atoms with E-state index in [1.54, 1.807) is 0 Å². The van der Waals surface area contributed by atoms with E-state index in [0.29, 0.717) is 19.5 Å². The largest absolute Gasteiger partial charge is 0.458 e. The van der Waals surface area contributed by atoms with E-state index in [1.165, 1.54) is 0 Å². The van der Waals surface area contributed by atoms with Crippen molar-refractivity contribution in [1.29, 1.82) is 5.26 Å². The predicted molar refractivity (Wildman–Crippen MR) is 76.2 cm³/mol. The summed E-state index contributed by atoms with van der Waals surface area (Å²) in [5, 5.41) is 8.88. The van der Waals surface area contributed by atoms with Crippen LogP contribution in [0.5, 0.6) is 0 Å². The van der Waals surface area contributed by atoms with Crippen LogP contribution in [0.3, 0.4) is 0 Å². The second-order valence-electron chi connectivity index (χ2n) is 7.44. The van der Waals surface area contributed by atoms with Crippen LogP contribution in [0, 0.1) is 28.1 Å². The van der Waals surface area contributed by atoms with Crippen molar-refractivity contribution in [3.63, 3.8) is 0 Å². The van der Waals surface area contributed by atoms with Gasteiger partial charge in [-0.05, 0) is 24.1 Å². The van der Waals surface area contributed by atoms with Crippen LogP contribution >= 0.6 is 0 Å². The van der Waals surface area contributed by atoms with Gasteiger partial charge in [-0.3, -0.25) is 0 Å². The van der Waals surface area contributed by atoms with Gasteiger partial charge in [0.1, 0.15) is 0 Å². The number of nitrogens with zero attached hydrogens (tertiary/aromatic N) is 1. The van der Waals surface area contributed by atoms with Crippen LogP contribution in [0.15, 0.2) is 0 Å². The van der Waals surface area contributed by atoms with Crippen molar-refractivity contribution in [2.75, 3.05) is 13.2 Å². The Hall–Kier alpha value is -0.525. The lowest BCUT2D eigenvalue weighted by atomic mass is 9.77. The minimum Gasteiger partial charge on any atom is -0.411 e. The molecular formula is C14H28BNO2. The van der Waals surface area contributed by atoms with E-state index in [-0.39, 0.29) is 23.9 Å². The molecule has 0 heterocycles. The SMILES string of the molecule is CC(C#N)CB(OCC(C)(C)C)OCC(C)(C)C. The average molecular weight is 253 g/mol. The van der Waals surface area contributed by atoms with Crippen LogP contribution < -0.4 is 0 Å². The van der Waals surface area contributed by atoms with Crippen molar-refractivity contribution in [3.05, 3.63) is 0 Å². The lowest BCUT2D eigenvalue weighted by molar-refractivity contribution is 0.111. The average Bonchev–Trinajstić information content (AvgIpc) is 2.19. The summed E-state index contributed by atoms with van der Waals surface area (Å²) < 4.78 is 11.6. The first kappa shape index (κ1) is 17.5. The molecule has 0 fully saturated rings. The highest BCUT2D eigenvalue weighted by Crippen LogP contribution is 2.19. The van der Waals surface area contributed by atoms with Gasteiger partial charge < -0.3 is 9.31 Å². The third-order valence-electron chi connectivity index (χ3n) is 2.17. The standard InChI is InChI=1S/C14H28BNO2/c1-12(9-16)8-15(17-10-13(2,3)4)18-11-14(5,6)7/h12H,8,10-11H2,1-7H3. The summed E-state index contributed by atoms with van der Waals surface area (Å²) in [6.07, 6.45) is 0.628. The fourth-order valence-electron chi connectivity index (χ4n) is 1.21. The Kier molecular flexibility index (Phi) is 6.95. The monoisotopic (exact) mass is 253 g/mol. The number of hydrogen-bond acceptors (Lipinski definition) is 3. The molecule has 0 rings (SSSR count). The third-order valence-corrected chi connectivity index (χ3v) is 2.17. The minimum absolute atomic E-state index is 0.0464. The molecule has 1 unspecified atom stereocenters. The molecule has 0 aromatic heterocycles. The first-order valence-corrected chi connectivity index (χ1v) is 6.66. The quantitative estimate of drug-likeness (QED) is 0.677. The smallest absolute Gasteiger partial charge is 0.411 e. The van der Waals surface area contributed by atoms with Gasteiger partial charge in [0.05, 0.1) is 6.07 Å². The molecule has 0 saturated heterocycles. The van der Waals surface area contributed by atoms with Gasteiger partial charge in [0, 0.05) is 19.1 Å². The minimum atomic E-state index is -0.280. The third kappa shape index (κ3) is 10.6. The van der Waals surface area contributed by atoms with Crippen LogP contribution in [0.1, 0.15) is 48.5 Å². The molecule has 0 N–H and O–H groups in total. The highest BCUT2D eigenvalue weighted by Gasteiger charge is 2.26. The molecule has 0 aromatic rings. The fraction of sp³-hybridized carbons (Fsp3) is 0.929. The highest BCUT2D eigenvalue weighted by atomic mass is 16.6. The van der Waals surface area contributed by atoms with Gasteiger partial charge in [0.15, 0.2) is 0 Å². The molecule has 0 saturated carbocycles. The van der Waals surface area contributed by atoms with Crippen LogP contribution in [0.4, 0.5) is 0 Å². The number of nitriles is 1. The summed E-state index contributed by atoms with van der Waals surface area (Å²) in [6.45, 7) is 15.9. The Labute approximate surface area is 113 Å². The van der Waals surface area contributed by atoms with Gasteiger partial charge in [0.2, 0.25) is 0 Å². The maximum Gasteiger partial charge on any atom is 0.458 e. The van der Waals surface area contributed by atoms with Crippen molar-refractivity contribution in [2.45, 2.75) is 54.8 Å². The molecule has 0 radical (unpaired) electrons. The van der Waals surface area contributed by atoms with Crippen LogP contribution in [0.2, 0.25) is 6.32 Å². The van der Waals surface area contributed by atoms with E-state index < -0.39 is 0 Å². The zero-order valence-corrected chi connectivity index (χ0v) is 13.0.